The van der Waals surface area contributed by atoms with Crippen LogP contribution in [0.4, 0.5) is 0 Å². The molecular weight excluding hydrogens is 348 g/mol. The summed E-state index contributed by atoms with van der Waals surface area (Å²) in [7, 11) is -3.55. The third-order valence-electron chi connectivity index (χ3n) is 5.42. The zero-order valence-corrected chi connectivity index (χ0v) is 17.7. The molecule has 0 spiro atoms. The van der Waals surface area contributed by atoms with Crippen LogP contribution in [0.3, 0.4) is 0 Å². The van der Waals surface area contributed by atoms with E-state index in [9.17, 15) is 13.2 Å². The van der Waals surface area contributed by atoms with Crippen molar-refractivity contribution in [1.82, 2.24) is 9.21 Å². The normalized spacial score (nSPS) is 16.3. The monoisotopic (exact) mass is 380 g/mol. The van der Waals surface area contributed by atoms with Crippen LogP contribution in [0.25, 0.3) is 0 Å². The number of benzene rings is 1. The molecule has 0 aliphatic carbocycles. The molecule has 1 aliphatic heterocycles. The van der Waals surface area contributed by atoms with Crippen LogP contribution in [-0.4, -0.2) is 49.7 Å². The van der Waals surface area contributed by atoms with E-state index in [4.69, 9.17) is 0 Å². The molecule has 146 valence electrons. The fourth-order valence-corrected chi connectivity index (χ4v) is 5.44. The summed E-state index contributed by atoms with van der Waals surface area (Å²) >= 11 is 0. The molecule has 0 bridgehead atoms. The van der Waals surface area contributed by atoms with E-state index < -0.39 is 10.0 Å². The molecule has 5 nitrogen and oxygen atoms in total. The van der Waals surface area contributed by atoms with Crippen LogP contribution < -0.4 is 0 Å². The molecule has 1 aromatic rings. The van der Waals surface area contributed by atoms with Gasteiger partial charge in [0.2, 0.25) is 15.9 Å². The Hall–Kier alpha value is -1.40. The highest BCUT2D eigenvalue weighted by Gasteiger charge is 2.32. The Morgan fingerprint density at radius 2 is 1.50 bits per heavy atom. The number of amides is 1. The van der Waals surface area contributed by atoms with Gasteiger partial charge in [0, 0.05) is 32.6 Å². The van der Waals surface area contributed by atoms with Gasteiger partial charge in [-0.25, -0.2) is 8.42 Å². The maximum Gasteiger partial charge on any atom is 0.243 e. The lowest BCUT2D eigenvalue weighted by molar-refractivity contribution is -0.132. The van der Waals surface area contributed by atoms with Gasteiger partial charge in [0.1, 0.15) is 0 Å². The van der Waals surface area contributed by atoms with Crippen molar-refractivity contribution in [3.05, 3.63) is 28.3 Å². The first-order valence-corrected chi connectivity index (χ1v) is 10.8. The van der Waals surface area contributed by atoms with E-state index in [1.54, 1.807) is 4.90 Å². The molecule has 1 aromatic carbocycles. The lowest BCUT2D eigenvalue weighted by Crippen LogP contribution is -2.50. The number of hydrogen-bond donors (Lipinski definition) is 0. The largest absolute Gasteiger partial charge is 0.340 e. The predicted molar refractivity (Wildman–Crippen MR) is 105 cm³/mol. The fraction of sp³-hybridized carbons (Fsp3) is 0.650. The number of carbonyl (C=O) groups is 1. The summed E-state index contributed by atoms with van der Waals surface area (Å²) in [5.41, 5.74) is 3.63. The first-order chi connectivity index (χ1) is 12.1. The molecule has 0 radical (unpaired) electrons. The van der Waals surface area contributed by atoms with Crippen LogP contribution in [0.2, 0.25) is 0 Å². The number of aryl methyl sites for hydroxylation is 2. The van der Waals surface area contributed by atoms with Crippen LogP contribution in [0.1, 0.15) is 48.9 Å². The second-order valence-corrected chi connectivity index (χ2v) is 9.68. The molecule has 26 heavy (non-hydrogen) atoms. The number of hydrogen-bond acceptors (Lipinski definition) is 3. The highest BCUT2D eigenvalue weighted by molar-refractivity contribution is 7.89. The molecule has 6 heteroatoms. The average Bonchev–Trinajstić information content (AvgIpc) is 2.58. The molecule has 1 amide bonds. The summed E-state index contributed by atoms with van der Waals surface area (Å²) in [5.74, 6) is 0.630. The fourth-order valence-electron chi connectivity index (χ4n) is 3.44. The molecular formula is C20H32N2O3S. The number of carbonyl (C=O) groups excluding carboxylic acids is 1. The van der Waals surface area contributed by atoms with Gasteiger partial charge in [-0.2, -0.15) is 4.31 Å². The predicted octanol–water partition coefficient (Wildman–Crippen LogP) is 3.19. The van der Waals surface area contributed by atoms with Crippen molar-refractivity contribution in [2.24, 2.45) is 5.92 Å². The lowest BCUT2D eigenvalue weighted by Gasteiger charge is -2.35. The zero-order valence-electron chi connectivity index (χ0n) is 16.9. The Morgan fingerprint density at radius 1 is 1.00 bits per heavy atom. The van der Waals surface area contributed by atoms with Crippen molar-refractivity contribution in [1.29, 1.82) is 0 Å². The molecule has 1 fully saturated rings. The van der Waals surface area contributed by atoms with E-state index in [-0.39, 0.29) is 5.91 Å². The van der Waals surface area contributed by atoms with Crippen molar-refractivity contribution in [2.75, 3.05) is 26.2 Å². The van der Waals surface area contributed by atoms with Crippen LogP contribution in [0.15, 0.2) is 11.0 Å². The Kier molecular flexibility index (Phi) is 6.51. The van der Waals surface area contributed by atoms with Gasteiger partial charge in [-0.05, 0) is 62.3 Å². The smallest absolute Gasteiger partial charge is 0.243 e. The van der Waals surface area contributed by atoms with Gasteiger partial charge in [0.25, 0.3) is 0 Å². The van der Waals surface area contributed by atoms with Crippen molar-refractivity contribution >= 4 is 15.9 Å². The third-order valence-corrected chi connectivity index (χ3v) is 7.60. The highest BCUT2D eigenvalue weighted by Crippen LogP contribution is 2.29. The topological polar surface area (TPSA) is 57.7 Å². The van der Waals surface area contributed by atoms with E-state index in [1.807, 2.05) is 33.8 Å². The summed E-state index contributed by atoms with van der Waals surface area (Å²) in [6, 6.07) is 2.04. The Morgan fingerprint density at radius 3 is 1.96 bits per heavy atom. The van der Waals surface area contributed by atoms with Gasteiger partial charge in [-0.15, -0.1) is 0 Å². The van der Waals surface area contributed by atoms with E-state index in [0.717, 1.165) is 28.7 Å². The molecule has 0 N–H and O–H groups in total. The van der Waals surface area contributed by atoms with Crippen molar-refractivity contribution in [3.63, 3.8) is 0 Å². The third kappa shape index (κ3) is 4.29. The quantitative estimate of drug-likeness (QED) is 0.788. The minimum absolute atomic E-state index is 0.134. The molecule has 1 heterocycles. The summed E-state index contributed by atoms with van der Waals surface area (Å²) < 4.78 is 28.0. The first kappa shape index (κ1) is 20.9. The number of piperazine rings is 1. The molecule has 1 saturated heterocycles. The minimum atomic E-state index is -3.55. The lowest BCUT2D eigenvalue weighted by atomic mass is 10.0. The first-order valence-electron chi connectivity index (χ1n) is 9.41. The van der Waals surface area contributed by atoms with E-state index >= 15 is 0 Å². The van der Waals surface area contributed by atoms with Crippen LogP contribution in [0.5, 0.6) is 0 Å². The second kappa shape index (κ2) is 8.09. The van der Waals surface area contributed by atoms with Crippen molar-refractivity contribution in [2.45, 2.75) is 59.3 Å². The summed E-state index contributed by atoms with van der Waals surface area (Å²) in [4.78, 5) is 14.5. The molecule has 0 saturated carbocycles. The average molecular weight is 381 g/mol. The minimum Gasteiger partial charge on any atom is -0.340 e. The number of nitrogens with zero attached hydrogens (tertiary/aromatic N) is 2. The second-order valence-electron chi connectivity index (χ2n) is 7.81. The Balaban J connectivity index is 2.15. The molecule has 1 aliphatic rings. The van der Waals surface area contributed by atoms with E-state index in [1.165, 1.54) is 4.31 Å². The van der Waals surface area contributed by atoms with Gasteiger partial charge in [0.05, 0.1) is 4.90 Å². The van der Waals surface area contributed by atoms with E-state index in [2.05, 4.69) is 13.8 Å². The molecule has 2 rings (SSSR count). The van der Waals surface area contributed by atoms with E-state index in [0.29, 0.717) is 43.4 Å². The van der Waals surface area contributed by atoms with Gasteiger partial charge < -0.3 is 4.90 Å². The van der Waals surface area contributed by atoms with Crippen LogP contribution in [0, 0.1) is 33.6 Å². The van der Waals surface area contributed by atoms with Crippen molar-refractivity contribution in [3.8, 4) is 0 Å². The Labute approximate surface area is 158 Å². The summed E-state index contributed by atoms with van der Waals surface area (Å²) in [6.07, 6.45) is 1.41. The van der Waals surface area contributed by atoms with Crippen LogP contribution in [-0.2, 0) is 14.8 Å². The van der Waals surface area contributed by atoms with Crippen molar-refractivity contribution < 1.29 is 13.2 Å². The molecule has 0 unspecified atom stereocenters. The standard InChI is InChI=1S/C20H32N2O3S/c1-14(2)7-8-19(23)21-9-11-22(12-10-21)26(24,25)20-17(5)15(3)13-16(4)18(20)6/h13-14H,7-12H2,1-6H3. The Bertz CT molecular complexity index is 750. The summed E-state index contributed by atoms with van der Waals surface area (Å²) in [6.45, 7) is 13.5. The maximum absolute atomic E-state index is 13.2. The van der Waals surface area contributed by atoms with Gasteiger partial charge >= 0.3 is 0 Å². The number of rotatable bonds is 5. The SMILES string of the molecule is Cc1cc(C)c(C)c(S(=O)(=O)N2CCN(C(=O)CCC(C)C)CC2)c1C. The molecule has 0 aromatic heterocycles. The number of sulfonamides is 1. The zero-order chi connectivity index (χ0) is 19.6. The molecule has 0 atom stereocenters. The highest BCUT2D eigenvalue weighted by atomic mass is 32.2. The van der Waals surface area contributed by atoms with Crippen LogP contribution >= 0.6 is 0 Å². The van der Waals surface area contributed by atoms with Gasteiger partial charge in [0.15, 0.2) is 0 Å². The van der Waals surface area contributed by atoms with Gasteiger partial charge in [-0.1, -0.05) is 19.9 Å². The summed E-state index contributed by atoms with van der Waals surface area (Å²) in [5, 5.41) is 0. The maximum atomic E-state index is 13.2. The van der Waals surface area contributed by atoms with Gasteiger partial charge in [-0.3, -0.25) is 4.79 Å².